The van der Waals surface area contributed by atoms with Crippen LogP contribution in [-0.2, 0) is 19.3 Å². The Labute approximate surface area is 296 Å². The number of oxime groups is 2. The van der Waals surface area contributed by atoms with Crippen molar-refractivity contribution in [3.05, 3.63) is 173 Å². The third-order valence-corrected chi connectivity index (χ3v) is 8.14. The van der Waals surface area contributed by atoms with E-state index in [-0.39, 0.29) is 5.78 Å². The van der Waals surface area contributed by atoms with Crippen LogP contribution < -0.4 is 4.90 Å². The van der Waals surface area contributed by atoms with Gasteiger partial charge in [-0.2, -0.15) is 0 Å². The summed E-state index contributed by atoms with van der Waals surface area (Å²) >= 11 is 0. The average molecular weight is 674 g/mol. The smallest absolute Gasteiger partial charge is 0.318 e. The first kappa shape index (κ1) is 34.2. The molecule has 0 aliphatic heterocycles. The highest BCUT2D eigenvalue weighted by atomic mass is 16.7. The van der Waals surface area contributed by atoms with Crippen molar-refractivity contribution in [1.29, 1.82) is 0 Å². The summed E-state index contributed by atoms with van der Waals surface area (Å²) in [6.07, 6.45) is 0.387. The van der Waals surface area contributed by atoms with E-state index in [4.69, 9.17) is 9.68 Å². The Balaban J connectivity index is 1.49. The number of carbonyl (C=O) groups is 3. The maximum Gasteiger partial charge on any atom is 0.332 e. The summed E-state index contributed by atoms with van der Waals surface area (Å²) in [5.74, 6) is -0.977. The van der Waals surface area contributed by atoms with Gasteiger partial charge in [-0.05, 0) is 41.8 Å². The maximum absolute atomic E-state index is 12.8. The van der Waals surface area contributed by atoms with Crippen molar-refractivity contribution >= 4 is 57.0 Å². The monoisotopic (exact) mass is 673 g/mol. The molecule has 0 spiro atoms. The fourth-order valence-corrected chi connectivity index (χ4v) is 5.78. The first-order valence-electron chi connectivity index (χ1n) is 16.5. The standard InChI is InChI=1S/C43H35N3O5/c1-4-41(49)35-18-11-19-38(28-35)46(37-24-21-33(22-25-37)42(44-50-29(2)47)31-13-7-5-8-14-31)40-20-12-17-34-27-36(23-26-39(34)40)43(45-51-30(3)48)32-15-9-6-10-16-32/h5-28H,4H2,1-3H3/b44-42-,45-43-. The van der Waals surface area contributed by atoms with Crippen molar-refractivity contribution in [2.75, 3.05) is 4.90 Å². The SMILES string of the molecule is CCC(=O)c1cccc(N(c2ccc(/C(=N\OC(C)=O)c3ccccc3)cc2)c2cccc3cc(/C(=N\OC(C)=O)c4ccccc4)ccc23)c1. The normalized spacial score (nSPS) is 11.6. The summed E-state index contributed by atoms with van der Waals surface area (Å²) in [7, 11) is 0. The van der Waals surface area contributed by atoms with Gasteiger partial charge in [-0.25, -0.2) is 9.59 Å². The Bertz CT molecular complexity index is 2260. The van der Waals surface area contributed by atoms with Gasteiger partial charge < -0.3 is 14.6 Å². The maximum atomic E-state index is 12.8. The molecular formula is C43H35N3O5. The Morgan fingerprint density at radius 1 is 0.529 bits per heavy atom. The zero-order valence-corrected chi connectivity index (χ0v) is 28.4. The molecule has 51 heavy (non-hydrogen) atoms. The number of hydrogen-bond donors (Lipinski definition) is 0. The molecule has 0 atom stereocenters. The Hall–Kier alpha value is -6.67. The second-order valence-corrected chi connectivity index (χ2v) is 11.7. The minimum Gasteiger partial charge on any atom is -0.318 e. The van der Waals surface area contributed by atoms with E-state index in [1.807, 2.05) is 153 Å². The molecule has 0 saturated heterocycles. The van der Waals surface area contributed by atoms with Gasteiger partial charge in [0.25, 0.3) is 0 Å². The van der Waals surface area contributed by atoms with E-state index in [0.29, 0.717) is 23.4 Å². The predicted molar refractivity (Wildman–Crippen MR) is 201 cm³/mol. The quantitative estimate of drug-likeness (QED) is 0.0588. The molecule has 0 N–H and O–H groups in total. The largest absolute Gasteiger partial charge is 0.332 e. The summed E-state index contributed by atoms with van der Waals surface area (Å²) in [5, 5.41) is 10.3. The highest BCUT2D eigenvalue weighted by Gasteiger charge is 2.19. The molecule has 6 aromatic carbocycles. The lowest BCUT2D eigenvalue weighted by Crippen LogP contribution is -2.12. The Morgan fingerprint density at radius 3 is 1.65 bits per heavy atom. The molecule has 0 fully saturated rings. The number of nitrogens with zero attached hydrogens (tertiary/aromatic N) is 3. The van der Waals surface area contributed by atoms with Gasteiger partial charge >= 0.3 is 11.9 Å². The number of fused-ring (bicyclic) bond motifs is 1. The lowest BCUT2D eigenvalue weighted by molar-refractivity contribution is -0.141. The minimum absolute atomic E-state index is 0.0457. The van der Waals surface area contributed by atoms with Gasteiger partial charge in [-0.15, -0.1) is 0 Å². The van der Waals surface area contributed by atoms with Crippen LogP contribution in [0.2, 0.25) is 0 Å². The number of benzene rings is 6. The van der Waals surface area contributed by atoms with Gasteiger partial charge in [0.1, 0.15) is 11.4 Å². The molecule has 0 bridgehead atoms. The summed E-state index contributed by atoms with van der Waals surface area (Å²) in [5.41, 5.74) is 7.31. The lowest BCUT2D eigenvalue weighted by Gasteiger charge is -2.27. The Morgan fingerprint density at radius 2 is 1.06 bits per heavy atom. The summed E-state index contributed by atoms with van der Waals surface area (Å²) < 4.78 is 0. The van der Waals surface area contributed by atoms with Crippen LogP contribution in [0.15, 0.2) is 156 Å². The topological polar surface area (TPSA) is 97.6 Å². The van der Waals surface area contributed by atoms with Gasteiger partial charge in [-0.3, -0.25) is 4.79 Å². The van der Waals surface area contributed by atoms with Crippen molar-refractivity contribution in [1.82, 2.24) is 0 Å². The summed E-state index contributed by atoms with van der Waals surface area (Å²) in [6.45, 7) is 4.48. The van der Waals surface area contributed by atoms with Crippen LogP contribution in [0.25, 0.3) is 10.8 Å². The third-order valence-electron chi connectivity index (χ3n) is 8.14. The van der Waals surface area contributed by atoms with Crippen LogP contribution in [0.3, 0.4) is 0 Å². The first-order valence-corrected chi connectivity index (χ1v) is 16.5. The molecule has 6 aromatic rings. The van der Waals surface area contributed by atoms with E-state index < -0.39 is 11.9 Å². The van der Waals surface area contributed by atoms with Crippen LogP contribution in [0.4, 0.5) is 17.1 Å². The molecule has 0 radical (unpaired) electrons. The fourth-order valence-electron chi connectivity index (χ4n) is 5.78. The van der Waals surface area contributed by atoms with Crippen molar-refractivity contribution in [2.45, 2.75) is 27.2 Å². The summed E-state index contributed by atoms with van der Waals surface area (Å²) in [6, 6.07) is 46.5. The van der Waals surface area contributed by atoms with Gasteiger partial charge in [0.2, 0.25) is 0 Å². The van der Waals surface area contributed by atoms with E-state index in [0.717, 1.165) is 50.1 Å². The number of rotatable bonds is 11. The van der Waals surface area contributed by atoms with Crippen LogP contribution in [0.5, 0.6) is 0 Å². The highest BCUT2D eigenvalue weighted by molar-refractivity contribution is 6.15. The summed E-state index contributed by atoms with van der Waals surface area (Å²) in [4.78, 5) is 48.5. The molecule has 0 unspecified atom stereocenters. The zero-order chi connectivity index (χ0) is 35.7. The van der Waals surface area contributed by atoms with Crippen molar-refractivity contribution < 1.29 is 24.1 Å². The van der Waals surface area contributed by atoms with Crippen LogP contribution in [0, 0.1) is 0 Å². The van der Waals surface area contributed by atoms with Gasteiger partial charge in [0.15, 0.2) is 5.78 Å². The molecule has 6 rings (SSSR count). The van der Waals surface area contributed by atoms with Crippen LogP contribution >= 0.6 is 0 Å². The van der Waals surface area contributed by atoms with E-state index in [1.54, 1.807) is 0 Å². The number of ketones is 1. The van der Waals surface area contributed by atoms with E-state index in [2.05, 4.69) is 15.2 Å². The lowest BCUT2D eigenvalue weighted by atomic mass is 9.97. The molecule has 0 aliphatic carbocycles. The predicted octanol–water partition coefficient (Wildman–Crippen LogP) is 9.53. The average Bonchev–Trinajstić information content (AvgIpc) is 3.16. The molecule has 0 aromatic heterocycles. The van der Waals surface area contributed by atoms with Crippen molar-refractivity contribution in [3.8, 4) is 0 Å². The second kappa shape index (κ2) is 15.7. The molecule has 252 valence electrons. The zero-order valence-electron chi connectivity index (χ0n) is 28.4. The second-order valence-electron chi connectivity index (χ2n) is 11.7. The molecular weight excluding hydrogens is 638 g/mol. The molecule has 0 aliphatic rings. The van der Waals surface area contributed by atoms with E-state index in [1.165, 1.54) is 13.8 Å². The fraction of sp³-hybridized carbons (Fsp3) is 0.0930. The first-order chi connectivity index (χ1) is 24.8. The molecule has 0 heterocycles. The number of carbonyl (C=O) groups excluding carboxylic acids is 3. The van der Waals surface area contributed by atoms with Gasteiger partial charge in [-0.1, -0.05) is 126 Å². The number of Topliss-reactive ketones (excluding diaryl/α,β-unsaturated/α-hetero) is 1. The Kier molecular flexibility index (Phi) is 10.5. The molecule has 8 nitrogen and oxygen atoms in total. The van der Waals surface area contributed by atoms with E-state index >= 15 is 0 Å². The van der Waals surface area contributed by atoms with Gasteiger partial charge in [0, 0.05) is 64.8 Å². The van der Waals surface area contributed by atoms with E-state index in [9.17, 15) is 14.4 Å². The van der Waals surface area contributed by atoms with Crippen molar-refractivity contribution in [2.24, 2.45) is 10.3 Å². The molecule has 0 saturated carbocycles. The molecule has 8 heteroatoms. The van der Waals surface area contributed by atoms with Crippen LogP contribution in [-0.4, -0.2) is 29.1 Å². The minimum atomic E-state index is -0.514. The number of hydrogen-bond acceptors (Lipinski definition) is 8. The van der Waals surface area contributed by atoms with Crippen LogP contribution in [0.1, 0.15) is 59.8 Å². The highest BCUT2D eigenvalue weighted by Crippen LogP contribution is 2.40. The van der Waals surface area contributed by atoms with Crippen molar-refractivity contribution in [3.63, 3.8) is 0 Å². The molecule has 0 amide bonds. The third kappa shape index (κ3) is 7.98. The number of anilines is 3. The van der Waals surface area contributed by atoms with Gasteiger partial charge in [0.05, 0.1) is 5.69 Å².